The molecule has 6 heteroatoms. The van der Waals surface area contributed by atoms with Crippen molar-refractivity contribution in [2.45, 2.75) is 170 Å². The molecule has 0 amide bonds. The van der Waals surface area contributed by atoms with Crippen LogP contribution in [0, 0.1) is 28.6 Å². The highest BCUT2D eigenvalue weighted by Gasteiger charge is 2.51. The molecule has 0 bridgehead atoms. The standard InChI is InChI=1S/C39H70O4Si2/c1-27(26-41-35(40)36(3,4)5)32-21-22-33-29(18-17-23-39(32,33)12)19-20-30-24-31(42-44(13,14)37(6,7)8)25-34(28(30)2)43-45(15,16)38(9,10)11/h19-20,27,31-34H,2,17-18,21-26H2,1,3-16H3/t27-,31-,32-,33?,34+,39-/m1/s1. The number of fused-ring (bicyclic) bond motifs is 1. The quantitative estimate of drug-likeness (QED) is 0.192. The van der Waals surface area contributed by atoms with E-state index in [-0.39, 0.29) is 33.7 Å². The molecule has 0 N–H and O–H groups in total. The summed E-state index contributed by atoms with van der Waals surface area (Å²) in [5, 5.41) is 0.303. The lowest BCUT2D eigenvalue weighted by Gasteiger charge is -2.46. The summed E-state index contributed by atoms with van der Waals surface area (Å²) in [6, 6.07) is 0. The maximum Gasteiger partial charge on any atom is 0.311 e. The number of carbonyl (C=O) groups is 1. The Balaban J connectivity index is 1.87. The van der Waals surface area contributed by atoms with Gasteiger partial charge in [0.05, 0.1) is 24.2 Å². The normalized spacial score (nSPS) is 31.3. The van der Waals surface area contributed by atoms with Crippen molar-refractivity contribution in [1.82, 2.24) is 0 Å². The average molecular weight is 659 g/mol. The van der Waals surface area contributed by atoms with Gasteiger partial charge in [0.25, 0.3) is 0 Å². The van der Waals surface area contributed by atoms with Gasteiger partial charge < -0.3 is 13.6 Å². The molecular weight excluding hydrogens is 589 g/mol. The van der Waals surface area contributed by atoms with Gasteiger partial charge in [-0.2, -0.15) is 0 Å². The lowest BCUT2D eigenvalue weighted by molar-refractivity contribution is -0.155. The van der Waals surface area contributed by atoms with Gasteiger partial charge in [-0.1, -0.05) is 79.7 Å². The molecule has 0 saturated heterocycles. The minimum atomic E-state index is -1.99. The van der Waals surface area contributed by atoms with E-state index in [4.69, 9.17) is 13.6 Å². The van der Waals surface area contributed by atoms with Gasteiger partial charge in [-0.05, 0) is 130 Å². The van der Waals surface area contributed by atoms with E-state index in [1.807, 2.05) is 20.8 Å². The van der Waals surface area contributed by atoms with E-state index in [2.05, 4.69) is 100 Å². The molecule has 0 aliphatic heterocycles. The molecule has 3 saturated carbocycles. The Morgan fingerprint density at radius 2 is 1.53 bits per heavy atom. The fourth-order valence-corrected chi connectivity index (χ4v) is 10.2. The first-order valence-corrected chi connectivity index (χ1v) is 23.7. The summed E-state index contributed by atoms with van der Waals surface area (Å²) in [5.41, 5.74) is 3.86. The lowest BCUT2D eigenvalue weighted by atomic mass is 9.61. The Morgan fingerprint density at radius 3 is 2.09 bits per heavy atom. The summed E-state index contributed by atoms with van der Waals surface area (Å²) >= 11 is 0. The molecule has 0 aromatic heterocycles. The molecular formula is C39H70O4Si2. The third-order valence-electron chi connectivity index (χ3n) is 12.5. The summed E-state index contributed by atoms with van der Waals surface area (Å²) in [6.45, 7) is 39.2. The Morgan fingerprint density at radius 1 is 0.956 bits per heavy atom. The number of hydrogen-bond acceptors (Lipinski definition) is 4. The van der Waals surface area contributed by atoms with Gasteiger partial charge in [0.15, 0.2) is 16.6 Å². The van der Waals surface area contributed by atoms with E-state index in [0.29, 0.717) is 24.4 Å². The number of carbonyl (C=O) groups excluding carboxylic acids is 1. The smallest absolute Gasteiger partial charge is 0.311 e. The summed E-state index contributed by atoms with van der Waals surface area (Å²) in [5.74, 6) is 1.43. The zero-order valence-electron chi connectivity index (χ0n) is 32.0. The summed E-state index contributed by atoms with van der Waals surface area (Å²) < 4.78 is 19.9. The first-order valence-electron chi connectivity index (χ1n) is 17.9. The zero-order chi connectivity index (χ0) is 34.4. The molecule has 0 radical (unpaired) electrons. The van der Waals surface area contributed by atoms with Crippen molar-refractivity contribution in [3.8, 4) is 0 Å². The Kier molecular flexibility index (Phi) is 11.6. The SMILES string of the molecule is C=C1C(=CC=C2CCC[C@@]3(C)C2CC[C@@H]3[C@H](C)COC(=O)C(C)(C)C)C[C@@H](O[Si](C)(C)C(C)(C)C)C[C@@H]1O[Si](C)(C)C(C)(C)C. The van der Waals surface area contributed by atoms with Gasteiger partial charge in [-0.3, -0.25) is 4.79 Å². The van der Waals surface area contributed by atoms with Crippen LogP contribution < -0.4 is 0 Å². The van der Waals surface area contributed by atoms with Gasteiger partial charge in [-0.25, -0.2) is 0 Å². The van der Waals surface area contributed by atoms with E-state index >= 15 is 0 Å². The minimum absolute atomic E-state index is 0.00296. The van der Waals surface area contributed by atoms with Gasteiger partial charge in [0, 0.05) is 6.42 Å². The Hall–Kier alpha value is -0.956. The van der Waals surface area contributed by atoms with E-state index in [1.165, 1.54) is 37.7 Å². The van der Waals surface area contributed by atoms with Crippen molar-refractivity contribution < 1.29 is 18.4 Å². The monoisotopic (exact) mass is 658 g/mol. The third kappa shape index (κ3) is 8.75. The highest BCUT2D eigenvalue weighted by atomic mass is 28.4. The minimum Gasteiger partial charge on any atom is -0.465 e. The number of hydrogen-bond donors (Lipinski definition) is 0. The summed E-state index contributed by atoms with van der Waals surface area (Å²) in [6.07, 6.45) is 12.9. The highest BCUT2D eigenvalue weighted by molar-refractivity contribution is 6.74. The molecule has 1 unspecified atom stereocenters. The van der Waals surface area contributed by atoms with Crippen LogP contribution >= 0.6 is 0 Å². The fraction of sp³-hybridized carbons (Fsp3) is 0.821. The predicted octanol–water partition coefficient (Wildman–Crippen LogP) is 11.4. The molecule has 0 aromatic carbocycles. The summed E-state index contributed by atoms with van der Waals surface area (Å²) in [4.78, 5) is 12.5. The molecule has 3 aliphatic rings. The van der Waals surface area contributed by atoms with Crippen LogP contribution in [-0.4, -0.2) is 41.4 Å². The van der Waals surface area contributed by atoms with E-state index in [0.717, 1.165) is 18.4 Å². The molecule has 3 aliphatic carbocycles. The number of rotatable bonds is 8. The maximum atomic E-state index is 12.5. The second-order valence-corrected chi connectivity index (χ2v) is 28.7. The van der Waals surface area contributed by atoms with Crippen molar-refractivity contribution in [3.05, 3.63) is 35.5 Å². The van der Waals surface area contributed by atoms with Crippen LogP contribution in [0.2, 0.25) is 36.3 Å². The first kappa shape index (κ1) is 38.5. The van der Waals surface area contributed by atoms with Crippen LogP contribution in [0.25, 0.3) is 0 Å². The average Bonchev–Trinajstić information content (AvgIpc) is 3.23. The fourth-order valence-electron chi connectivity index (χ4n) is 7.52. The molecule has 0 aromatic rings. The lowest BCUT2D eigenvalue weighted by Crippen LogP contribution is -2.49. The molecule has 0 spiro atoms. The van der Waals surface area contributed by atoms with Crippen LogP contribution in [0.3, 0.4) is 0 Å². The topological polar surface area (TPSA) is 44.8 Å². The van der Waals surface area contributed by atoms with Gasteiger partial charge in [0.2, 0.25) is 0 Å². The predicted molar refractivity (Wildman–Crippen MR) is 196 cm³/mol. The van der Waals surface area contributed by atoms with Gasteiger partial charge >= 0.3 is 5.97 Å². The highest BCUT2D eigenvalue weighted by Crippen LogP contribution is 2.59. The molecule has 6 atom stereocenters. The van der Waals surface area contributed by atoms with E-state index < -0.39 is 22.0 Å². The van der Waals surface area contributed by atoms with Crippen LogP contribution in [0.15, 0.2) is 35.5 Å². The van der Waals surface area contributed by atoms with Crippen LogP contribution in [0.5, 0.6) is 0 Å². The van der Waals surface area contributed by atoms with Gasteiger partial charge in [0.1, 0.15) is 0 Å². The van der Waals surface area contributed by atoms with Gasteiger partial charge in [-0.15, -0.1) is 0 Å². The Labute approximate surface area is 280 Å². The maximum absolute atomic E-state index is 12.5. The number of esters is 1. The second-order valence-electron chi connectivity index (χ2n) is 19.2. The Bertz CT molecular complexity index is 1140. The summed E-state index contributed by atoms with van der Waals surface area (Å²) in [7, 11) is -3.94. The molecule has 0 heterocycles. The molecule has 3 rings (SSSR count). The van der Waals surface area contributed by atoms with Crippen LogP contribution in [0.1, 0.15) is 121 Å². The van der Waals surface area contributed by atoms with E-state index in [9.17, 15) is 4.79 Å². The molecule has 4 nitrogen and oxygen atoms in total. The van der Waals surface area contributed by atoms with Crippen LogP contribution in [-0.2, 0) is 18.4 Å². The van der Waals surface area contributed by atoms with Crippen LogP contribution in [0.4, 0.5) is 0 Å². The molecule has 45 heavy (non-hydrogen) atoms. The second kappa shape index (κ2) is 13.5. The number of ether oxygens (including phenoxy) is 1. The molecule has 3 fully saturated rings. The molecule has 258 valence electrons. The van der Waals surface area contributed by atoms with Crippen molar-refractivity contribution in [3.63, 3.8) is 0 Å². The van der Waals surface area contributed by atoms with Crippen molar-refractivity contribution in [1.29, 1.82) is 0 Å². The van der Waals surface area contributed by atoms with Crippen molar-refractivity contribution in [2.75, 3.05) is 6.61 Å². The third-order valence-corrected chi connectivity index (χ3v) is 21.6. The van der Waals surface area contributed by atoms with E-state index in [1.54, 1.807) is 5.57 Å². The largest absolute Gasteiger partial charge is 0.465 e. The number of allylic oxidation sites excluding steroid dienone is 3. The van der Waals surface area contributed by atoms with Crippen molar-refractivity contribution in [2.24, 2.45) is 28.6 Å². The van der Waals surface area contributed by atoms with Crippen molar-refractivity contribution >= 4 is 22.6 Å². The first-order chi connectivity index (χ1) is 20.3. The zero-order valence-corrected chi connectivity index (χ0v) is 34.0.